The predicted octanol–water partition coefficient (Wildman–Crippen LogP) is 2.86. The van der Waals surface area contributed by atoms with Crippen molar-refractivity contribution in [2.45, 2.75) is 27.7 Å². The van der Waals surface area contributed by atoms with E-state index in [0.29, 0.717) is 5.82 Å². The van der Waals surface area contributed by atoms with Gasteiger partial charge in [0.2, 0.25) is 0 Å². The van der Waals surface area contributed by atoms with Gasteiger partial charge in [0.1, 0.15) is 11.6 Å². The van der Waals surface area contributed by atoms with Gasteiger partial charge >= 0.3 is 0 Å². The standard InChI is InChI=1S/C5H5FN2.2C2H6/c6-4-1-2-5(7)8-3-4;2*1-2/h1-3H,(H2,7,8);2*1-2H3. The van der Waals surface area contributed by atoms with Crippen molar-refractivity contribution in [3.8, 4) is 0 Å². The molecular weight excluding hydrogens is 155 g/mol. The summed E-state index contributed by atoms with van der Waals surface area (Å²) in [5, 5.41) is 0. The number of nitrogen functional groups attached to an aromatic ring is 1. The van der Waals surface area contributed by atoms with Crippen molar-refractivity contribution < 1.29 is 4.39 Å². The van der Waals surface area contributed by atoms with Crippen LogP contribution in [-0.4, -0.2) is 4.98 Å². The SMILES string of the molecule is CC.CC.Nc1ccc(F)cn1. The second kappa shape index (κ2) is 9.88. The number of pyridine rings is 1. The fraction of sp³-hybridized carbons (Fsp3) is 0.444. The summed E-state index contributed by atoms with van der Waals surface area (Å²) in [6.45, 7) is 8.00. The van der Waals surface area contributed by atoms with Crippen LogP contribution in [0.3, 0.4) is 0 Å². The third-order valence-corrected chi connectivity index (χ3v) is 0.750. The first-order valence-corrected chi connectivity index (χ1v) is 4.16. The fourth-order valence-corrected chi connectivity index (χ4v) is 0.387. The molecule has 0 aliphatic rings. The lowest BCUT2D eigenvalue weighted by molar-refractivity contribution is 0.622. The van der Waals surface area contributed by atoms with Crippen LogP contribution < -0.4 is 5.73 Å². The van der Waals surface area contributed by atoms with E-state index in [1.807, 2.05) is 27.7 Å². The molecule has 0 radical (unpaired) electrons. The molecule has 2 N–H and O–H groups in total. The quantitative estimate of drug-likeness (QED) is 0.653. The molecule has 0 fully saturated rings. The summed E-state index contributed by atoms with van der Waals surface area (Å²) in [7, 11) is 0. The Morgan fingerprint density at radius 3 is 1.92 bits per heavy atom. The molecule has 1 aromatic rings. The number of rotatable bonds is 0. The number of nitrogens with zero attached hydrogens (tertiary/aromatic N) is 1. The van der Waals surface area contributed by atoms with E-state index in [0.717, 1.165) is 6.20 Å². The minimum atomic E-state index is -0.362. The summed E-state index contributed by atoms with van der Waals surface area (Å²) in [4.78, 5) is 3.48. The third-order valence-electron chi connectivity index (χ3n) is 0.750. The highest BCUT2D eigenvalue weighted by Crippen LogP contribution is 1.96. The highest BCUT2D eigenvalue weighted by molar-refractivity contribution is 5.25. The Bertz CT molecular complexity index is 151. The van der Waals surface area contributed by atoms with Crippen LogP contribution in [-0.2, 0) is 0 Å². The molecule has 3 heteroatoms. The molecule has 0 unspecified atom stereocenters. The highest BCUT2D eigenvalue weighted by Gasteiger charge is 1.85. The molecule has 70 valence electrons. The first-order chi connectivity index (χ1) is 5.79. The maximum absolute atomic E-state index is 12.0. The molecule has 0 atom stereocenters. The lowest BCUT2D eigenvalue weighted by Gasteiger charge is -1.86. The lowest BCUT2D eigenvalue weighted by atomic mass is 10.5. The predicted molar refractivity (Wildman–Crippen MR) is 51.3 cm³/mol. The van der Waals surface area contributed by atoms with Gasteiger partial charge in [0, 0.05) is 0 Å². The Labute approximate surface area is 73.6 Å². The van der Waals surface area contributed by atoms with E-state index >= 15 is 0 Å². The van der Waals surface area contributed by atoms with E-state index in [1.165, 1.54) is 12.1 Å². The number of anilines is 1. The van der Waals surface area contributed by atoms with Crippen LogP contribution in [0.4, 0.5) is 10.2 Å². The van der Waals surface area contributed by atoms with Gasteiger partial charge in [-0.2, -0.15) is 0 Å². The highest BCUT2D eigenvalue weighted by atomic mass is 19.1. The fourth-order valence-electron chi connectivity index (χ4n) is 0.387. The molecule has 1 heterocycles. The van der Waals surface area contributed by atoms with Gasteiger partial charge in [-0.25, -0.2) is 9.37 Å². The molecule has 1 aromatic heterocycles. The smallest absolute Gasteiger partial charge is 0.141 e. The van der Waals surface area contributed by atoms with Crippen LogP contribution in [0.1, 0.15) is 27.7 Å². The number of halogens is 1. The van der Waals surface area contributed by atoms with E-state index in [1.54, 1.807) is 0 Å². The Morgan fingerprint density at radius 1 is 1.17 bits per heavy atom. The van der Waals surface area contributed by atoms with Crippen molar-refractivity contribution in [2.24, 2.45) is 0 Å². The van der Waals surface area contributed by atoms with Crippen molar-refractivity contribution in [2.75, 3.05) is 5.73 Å². The van der Waals surface area contributed by atoms with Crippen LogP contribution >= 0.6 is 0 Å². The number of aromatic nitrogens is 1. The lowest BCUT2D eigenvalue weighted by Crippen LogP contribution is -1.87. The second-order valence-corrected chi connectivity index (χ2v) is 1.40. The molecular formula is C9H17FN2. The molecule has 0 amide bonds. The average Bonchev–Trinajstić information content (AvgIpc) is 2.17. The molecule has 0 saturated heterocycles. The van der Waals surface area contributed by atoms with Gasteiger partial charge in [0.05, 0.1) is 6.20 Å². The van der Waals surface area contributed by atoms with Crippen LogP contribution in [0.5, 0.6) is 0 Å². The van der Waals surface area contributed by atoms with E-state index in [9.17, 15) is 4.39 Å². The van der Waals surface area contributed by atoms with E-state index in [-0.39, 0.29) is 5.82 Å². The van der Waals surface area contributed by atoms with Crippen LogP contribution in [0.2, 0.25) is 0 Å². The summed E-state index contributed by atoms with van der Waals surface area (Å²) in [5.41, 5.74) is 5.15. The molecule has 0 bridgehead atoms. The molecule has 12 heavy (non-hydrogen) atoms. The van der Waals surface area contributed by atoms with Crippen LogP contribution in [0.25, 0.3) is 0 Å². The number of hydrogen-bond donors (Lipinski definition) is 1. The van der Waals surface area contributed by atoms with Gasteiger partial charge < -0.3 is 5.73 Å². The van der Waals surface area contributed by atoms with E-state index in [4.69, 9.17) is 5.73 Å². The Hall–Kier alpha value is -1.12. The van der Waals surface area contributed by atoms with Crippen LogP contribution in [0.15, 0.2) is 18.3 Å². The van der Waals surface area contributed by atoms with E-state index in [2.05, 4.69) is 4.98 Å². The van der Waals surface area contributed by atoms with Crippen molar-refractivity contribution in [3.05, 3.63) is 24.1 Å². The zero-order valence-electron chi connectivity index (χ0n) is 8.13. The van der Waals surface area contributed by atoms with Gasteiger partial charge in [-0.05, 0) is 12.1 Å². The van der Waals surface area contributed by atoms with Crippen molar-refractivity contribution in [1.29, 1.82) is 0 Å². The largest absolute Gasteiger partial charge is 0.384 e. The van der Waals surface area contributed by atoms with Gasteiger partial charge in [0.15, 0.2) is 0 Å². The molecule has 0 aliphatic heterocycles. The summed E-state index contributed by atoms with van der Waals surface area (Å²) in [6, 6.07) is 2.68. The molecule has 2 nitrogen and oxygen atoms in total. The average molecular weight is 172 g/mol. The molecule has 1 rings (SSSR count). The monoisotopic (exact) mass is 172 g/mol. The summed E-state index contributed by atoms with van der Waals surface area (Å²) in [5.74, 6) is -0.0226. The Kier molecular flexibility index (Phi) is 11.1. The normalized spacial score (nSPS) is 7.08. The minimum Gasteiger partial charge on any atom is -0.384 e. The Morgan fingerprint density at radius 2 is 1.67 bits per heavy atom. The second-order valence-electron chi connectivity index (χ2n) is 1.40. The molecule has 0 aromatic carbocycles. The first-order valence-electron chi connectivity index (χ1n) is 4.16. The van der Waals surface area contributed by atoms with Gasteiger partial charge in [-0.15, -0.1) is 0 Å². The summed E-state index contributed by atoms with van der Waals surface area (Å²) >= 11 is 0. The number of nitrogens with two attached hydrogens (primary N) is 1. The van der Waals surface area contributed by atoms with E-state index < -0.39 is 0 Å². The summed E-state index contributed by atoms with van der Waals surface area (Å²) < 4.78 is 12.0. The van der Waals surface area contributed by atoms with Gasteiger partial charge in [0.25, 0.3) is 0 Å². The zero-order valence-corrected chi connectivity index (χ0v) is 8.13. The maximum Gasteiger partial charge on any atom is 0.141 e. The van der Waals surface area contributed by atoms with Gasteiger partial charge in [-0.1, -0.05) is 27.7 Å². The van der Waals surface area contributed by atoms with Gasteiger partial charge in [-0.3, -0.25) is 0 Å². The van der Waals surface area contributed by atoms with Crippen LogP contribution in [0, 0.1) is 5.82 Å². The maximum atomic E-state index is 12.0. The van der Waals surface area contributed by atoms with Crippen molar-refractivity contribution >= 4 is 5.82 Å². The summed E-state index contributed by atoms with van der Waals surface area (Å²) in [6.07, 6.45) is 1.08. The van der Waals surface area contributed by atoms with Crippen molar-refractivity contribution in [1.82, 2.24) is 4.98 Å². The molecule has 0 aliphatic carbocycles. The topological polar surface area (TPSA) is 38.9 Å². The zero-order chi connectivity index (χ0) is 9.98. The molecule has 0 saturated carbocycles. The molecule has 0 spiro atoms. The third kappa shape index (κ3) is 6.99. The minimum absolute atomic E-state index is 0.339. The van der Waals surface area contributed by atoms with Crippen molar-refractivity contribution in [3.63, 3.8) is 0 Å². The first kappa shape index (κ1) is 13.5. The number of hydrogen-bond acceptors (Lipinski definition) is 2. The Balaban J connectivity index is 0.